The zero-order valence-electron chi connectivity index (χ0n) is 22.7. The lowest BCUT2D eigenvalue weighted by atomic mass is 10.1. The van der Waals surface area contributed by atoms with Crippen molar-refractivity contribution in [3.05, 3.63) is 138 Å². The molecule has 1 saturated heterocycles. The number of nitrogens with one attached hydrogen (secondary N) is 1. The molecule has 5 rings (SSSR count). The number of para-hydroxylation sites is 1. The van der Waals surface area contributed by atoms with E-state index in [1.165, 1.54) is 0 Å². The van der Waals surface area contributed by atoms with Gasteiger partial charge < -0.3 is 23.7 Å². The summed E-state index contributed by atoms with van der Waals surface area (Å²) in [4.78, 5) is 51.8. The van der Waals surface area contributed by atoms with Crippen molar-refractivity contribution in [1.29, 1.82) is 0 Å². The number of amides is 1. The van der Waals surface area contributed by atoms with Gasteiger partial charge in [-0.2, -0.15) is 0 Å². The van der Waals surface area contributed by atoms with Gasteiger partial charge in [0.15, 0.2) is 6.10 Å². The molecule has 0 unspecified atom stereocenters. The first-order chi connectivity index (χ1) is 21.0. The molecule has 0 aliphatic carbocycles. The first-order valence-electron chi connectivity index (χ1n) is 13.4. The Morgan fingerprint density at radius 2 is 1.02 bits per heavy atom. The Morgan fingerprint density at radius 1 is 0.558 bits per heavy atom. The smallest absolute Gasteiger partial charge is 0.412 e. The molecule has 1 amide bonds. The van der Waals surface area contributed by atoms with Crippen molar-refractivity contribution in [3.63, 3.8) is 0 Å². The van der Waals surface area contributed by atoms with Crippen molar-refractivity contribution >= 4 is 29.7 Å². The lowest BCUT2D eigenvalue weighted by Gasteiger charge is -2.24. The minimum absolute atomic E-state index is 0.218. The minimum Gasteiger partial charge on any atom is -0.459 e. The Morgan fingerprint density at radius 3 is 1.56 bits per heavy atom. The van der Waals surface area contributed by atoms with E-state index in [9.17, 15) is 19.2 Å². The second-order valence-corrected chi connectivity index (χ2v) is 9.38. The van der Waals surface area contributed by atoms with Gasteiger partial charge in [0.25, 0.3) is 0 Å². The highest BCUT2D eigenvalue weighted by Gasteiger charge is 2.52. The first-order valence-corrected chi connectivity index (χ1v) is 13.4. The van der Waals surface area contributed by atoms with Gasteiger partial charge in [0.05, 0.1) is 16.7 Å². The minimum atomic E-state index is -1.51. The van der Waals surface area contributed by atoms with Gasteiger partial charge in [-0.3, -0.25) is 5.32 Å². The molecule has 0 radical (unpaired) electrons. The van der Waals surface area contributed by atoms with Gasteiger partial charge in [0, 0.05) is 5.69 Å². The van der Waals surface area contributed by atoms with Crippen molar-refractivity contribution in [1.82, 2.24) is 0 Å². The quantitative estimate of drug-likeness (QED) is 0.208. The number of esters is 3. The molecular formula is C33H27NO9. The largest absolute Gasteiger partial charge is 0.459 e. The summed E-state index contributed by atoms with van der Waals surface area (Å²) in [6, 6.07) is 33.1. The van der Waals surface area contributed by atoms with E-state index in [-0.39, 0.29) is 11.1 Å². The number of ether oxygens (including phenoxy) is 5. The fraction of sp³-hybridized carbons (Fsp3) is 0.152. The normalized spacial score (nSPS) is 19.1. The summed E-state index contributed by atoms with van der Waals surface area (Å²) in [6.45, 7) is -0.403. The van der Waals surface area contributed by atoms with E-state index < -0.39 is 55.2 Å². The third kappa shape index (κ3) is 7.63. The standard InChI is InChI=1S/C33H27NO9/c35-29(22-13-5-1-6-14-22)39-21-26-27(41-30(36)23-15-7-2-8-16-23)28(42-33(38)34-25-19-11-4-12-20-25)32(40-26)43-31(37)24-17-9-3-10-18-24/h1-20,26-28,32H,21H2,(H,34,38)/t26-,27-,28+,32+/m1/s1. The summed E-state index contributed by atoms with van der Waals surface area (Å²) in [7, 11) is 0. The van der Waals surface area contributed by atoms with Crippen LogP contribution in [0.25, 0.3) is 0 Å². The molecule has 10 heteroatoms. The van der Waals surface area contributed by atoms with Crippen LogP contribution in [0.3, 0.4) is 0 Å². The molecule has 4 aromatic rings. The van der Waals surface area contributed by atoms with Gasteiger partial charge in [-0.1, -0.05) is 72.8 Å². The maximum atomic E-state index is 13.1. The number of hydrogen-bond donors (Lipinski definition) is 1. The average molecular weight is 582 g/mol. The van der Waals surface area contributed by atoms with Crippen molar-refractivity contribution in [2.24, 2.45) is 0 Å². The summed E-state index contributed by atoms with van der Waals surface area (Å²) >= 11 is 0. The van der Waals surface area contributed by atoms with Gasteiger partial charge in [-0.25, -0.2) is 19.2 Å². The lowest BCUT2D eigenvalue weighted by Crippen LogP contribution is -2.43. The Hall–Kier alpha value is -5.48. The number of carbonyl (C=O) groups excluding carboxylic acids is 4. The molecule has 1 fully saturated rings. The molecule has 1 N–H and O–H groups in total. The highest BCUT2D eigenvalue weighted by Crippen LogP contribution is 2.30. The molecular weight excluding hydrogens is 554 g/mol. The molecule has 1 heterocycles. The predicted molar refractivity (Wildman–Crippen MR) is 153 cm³/mol. The molecule has 0 saturated carbocycles. The van der Waals surface area contributed by atoms with Crippen LogP contribution < -0.4 is 5.32 Å². The van der Waals surface area contributed by atoms with Crippen LogP contribution in [0.4, 0.5) is 10.5 Å². The molecule has 0 bridgehead atoms. The molecule has 0 spiro atoms. The van der Waals surface area contributed by atoms with E-state index in [1.54, 1.807) is 121 Å². The number of benzene rings is 4. The van der Waals surface area contributed by atoms with Crippen LogP contribution in [0.15, 0.2) is 121 Å². The Balaban J connectivity index is 1.41. The fourth-order valence-corrected chi connectivity index (χ4v) is 4.31. The Kier molecular flexibility index (Phi) is 9.40. The second kappa shape index (κ2) is 13.9. The van der Waals surface area contributed by atoms with Crippen LogP contribution in [0.1, 0.15) is 31.1 Å². The van der Waals surface area contributed by atoms with Gasteiger partial charge in [-0.15, -0.1) is 0 Å². The molecule has 4 atom stereocenters. The zero-order chi connectivity index (χ0) is 30.0. The third-order valence-electron chi connectivity index (χ3n) is 6.40. The van der Waals surface area contributed by atoms with Crippen molar-refractivity contribution in [3.8, 4) is 0 Å². The molecule has 1 aliphatic heterocycles. The Bertz CT molecular complexity index is 1530. The molecule has 10 nitrogen and oxygen atoms in total. The van der Waals surface area contributed by atoms with Crippen molar-refractivity contribution in [2.45, 2.75) is 24.6 Å². The first kappa shape index (κ1) is 29.0. The highest BCUT2D eigenvalue weighted by molar-refractivity contribution is 5.91. The molecule has 43 heavy (non-hydrogen) atoms. The average Bonchev–Trinajstić information content (AvgIpc) is 3.35. The van der Waals surface area contributed by atoms with Gasteiger partial charge in [-0.05, 0) is 48.5 Å². The summed E-state index contributed by atoms with van der Waals surface area (Å²) in [5, 5.41) is 2.58. The number of carbonyl (C=O) groups is 4. The Labute approximate surface area is 247 Å². The van der Waals surface area contributed by atoms with E-state index in [0.717, 1.165) is 0 Å². The lowest BCUT2D eigenvalue weighted by molar-refractivity contribution is -0.139. The van der Waals surface area contributed by atoms with Crippen LogP contribution >= 0.6 is 0 Å². The van der Waals surface area contributed by atoms with Crippen molar-refractivity contribution in [2.75, 3.05) is 11.9 Å². The zero-order valence-corrected chi connectivity index (χ0v) is 22.7. The molecule has 218 valence electrons. The van der Waals surface area contributed by atoms with Crippen LogP contribution in [-0.4, -0.2) is 55.2 Å². The third-order valence-corrected chi connectivity index (χ3v) is 6.40. The maximum Gasteiger partial charge on any atom is 0.412 e. The number of hydrogen-bond acceptors (Lipinski definition) is 9. The van der Waals surface area contributed by atoms with E-state index in [2.05, 4.69) is 5.32 Å². The predicted octanol–water partition coefficient (Wildman–Crippen LogP) is 5.27. The molecule has 0 aromatic heterocycles. The summed E-state index contributed by atoms with van der Waals surface area (Å²) in [5.41, 5.74) is 1.17. The summed E-state index contributed by atoms with van der Waals surface area (Å²) < 4.78 is 28.5. The SMILES string of the molecule is O=C(Nc1ccccc1)O[C@@H]1[C@H](OC(=O)c2ccccc2)O[C@H](COC(=O)c2ccccc2)[C@H]1OC(=O)c1ccccc1. The van der Waals surface area contributed by atoms with E-state index in [4.69, 9.17) is 23.7 Å². The van der Waals surface area contributed by atoms with Crippen LogP contribution in [0.5, 0.6) is 0 Å². The molecule has 1 aliphatic rings. The van der Waals surface area contributed by atoms with Gasteiger partial charge >= 0.3 is 24.0 Å². The summed E-state index contributed by atoms with van der Waals surface area (Å²) in [6.07, 6.45) is -6.34. The monoisotopic (exact) mass is 581 g/mol. The van der Waals surface area contributed by atoms with Gasteiger partial charge in [0.1, 0.15) is 12.7 Å². The van der Waals surface area contributed by atoms with Crippen LogP contribution in [-0.2, 0) is 23.7 Å². The van der Waals surface area contributed by atoms with Crippen molar-refractivity contribution < 1.29 is 42.9 Å². The van der Waals surface area contributed by atoms with Crippen LogP contribution in [0, 0.1) is 0 Å². The van der Waals surface area contributed by atoms with E-state index in [0.29, 0.717) is 11.3 Å². The maximum absolute atomic E-state index is 13.1. The topological polar surface area (TPSA) is 126 Å². The van der Waals surface area contributed by atoms with Crippen LogP contribution in [0.2, 0.25) is 0 Å². The summed E-state index contributed by atoms with van der Waals surface area (Å²) in [5.74, 6) is -2.17. The fourth-order valence-electron chi connectivity index (χ4n) is 4.31. The second-order valence-electron chi connectivity index (χ2n) is 9.38. The number of anilines is 1. The molecule has 4 aromatic carbocycles. The number of rotatable bonds is 9. The van der Waals surface area contributed by atoms with Gasteiger partial charge in [0.2, 0.25) is 12.4 Å². The van der Waals surface area contributed by atoms with E-state index in [1.807, 2.05) is 0 Å². The highest BCUT2D eigenvalue weighted by atomic mass is 16.8. The van der Waals surface area contributed by atoms with E-state index >= 15 is 0 Å².